The summed E-state index contributed by atoms with van der Waals surface area (Å²) >= 11 is 0. The highest BCUT2D eigenvalue weighted by molar-refractivity contribution is 5.56. The first-order valence-corrected chi connectivity index (χ1v) is 4.30. The van der Waals surface area contributed by atoms with Crippen LogP contribution >= 0.6 is 0 Å². The molecule has 1 aromatic heterocycles. The van der Waals surface area contributed by atoms with E-state index in [1.165, 1.54) is 0 Å². The lowest BCUT2D eigenvalue weighted by Crippen LogP contribution is -3.00. The third-order valence-electron chi connectivity index (χ3n) is 2.13. The monoisotopic (exact) mass is 301 g/mol. The Bertz CT molecular complexity index is 389. The summed E-state index contributed by atoms with van der Waals surface area (Å²) in [6, 6.07) is 12.1. The predicted molar refractivity (Wildman–Crippen MR) is 50.1 cm³/mol. The van der Waals surface area contributed by atoms with Gasteiger partial charge in [-0.25, -0.2) is 4.52 Å². The van der Waals surface area contributed by atoms with Crippen LogP contribution in [0.25, 0.3) is 11.3 Å². The van der Waals surface area contributed by atoms with E-state index in [-0.39, 0.29) is 24.0 Å². The lowest BCUT2D eigenvalue weighted by atomic mass is 10.2. The quantitative estimate of drug-likeness (QED) is 0.492. The minimum Gasteiger partial charge on any atom is -1.00 e. The van der Waals surface area contributed by atoms with Crippen LogP contribution in [0, 0.1) is 6.92 Å². The maximum absolute atomic E-state index is 5.52. The second-order valence-electron chi connectivity index (χ2n) is 3.10. The Balaban J connectivity index is 0.000000980. The molecule has 0 spiro atoms. The van der Waals surface area contributed by atoms with Gasteiger partial charge < -0.3 is 24.0 Å². The zero-order valence-corrected chi connectivity index (χ0v) is 10.4. The van der Waals surface area contributed by atoms with Crippen molar-refractivity contribution in [3.05, 3.63) is 42.1 Å². The maximum atomic E-state index is 5.52. The molecule has 0 aliphatic rings. The molecule has 0 amide bonds. The van der Waals surface area contributed by atoms with Gasteiger partial charge in [0.25, 0.3) is 0 Å². The van der Waals surface area contributed by atoms with Crippen molar-refractivity contribution in [3.63, 3.8) is 0 Å². The van der Waals surface area contributed by atoms with Crippen LogP contribution in [0.4, 0.5) is 0 Å². The summed E-state index contributed by atoms with van der Waals surface area (Å²) in [6.45, 7) is 2.02. The van der Waals surface area contributed by atoms with E-state index in [0.717, 1.165) is 17.0 Å². The van der Waals surface area contributed by atoms with Gasteiger partial charge in [-0.15, -0.1) is 0 Å². The van der Waals surface area contributed by atoms with Crippen LogP contribution < -0.4 is 28.7 Å². The number of halogens is 1. The molecule has 0 bridgehead atoms. The highest BCUT2D eigenvalue weighted by Gasteiger charge is 2.11. The second kappa shape index (κ2) is 4.59. The smallest absolute Gasteiger partial charge is 0.228 e. The van der Waals surface area contributed by atoms with Crippen molar-refractivity contribution in [3.8, 4) is 11.3 Å². The number of aromatic nitrogens is 1. The summed E-state index contributed by atoms with van der Waals surface area (Å²) in [7, 11) is 1.90. The van der Waals surface area contributed by atoms with Crippen LogP contribution in [0.1, 0.15) is 5.69 Å². The van der Waals surface area contributed by atoms with Gasteiger partial charge in [0.2, 0.25) is 11.5 Å². The van der Waals surface area contributed by atoms with Gasteiger partial charge in [0.1, 0.15) is 0 Å². The molecule has 0 aliphatic carbocycles. The highest BCUT2D eigenvalue weighted by atomic mass is 127. The van der Waals surface area contributed by atoms with Gasteiger partial charge in [0.15, 0.2) is 7.05 Å². The molecule has 74 valence electrons. The van der Waals surface area contributed by atoms with Crippen molar-refractivity contribution < 1.29 is 33.2 Å². The highest BCUT2D eigenvalue weighted by Crippen LogP contribution is 2.17. The van der Waals surface area contributed by atoms with Crippen LogP contribution in [-0.4, -0.2) is 0 Å². The molecule has 3 heteroatoms. The Morgan fingerprint density at radius 2 is 1.79 bits per heavy atom. The molecule has 14 heavy (non-hydrogen) atoms. The molecule has 0 atom stereocenters. The van der Waals surface area contributed by atoms with E-state index in [9.17, 15) is 0 Å². The third-order valence-corrected chi connectivity index (χ3v) is 2.13. The minimum absolute atomic E-state index is 0. The SMILES string of the molecule is Cc1cc(-c2ccccc2)o[n+]1C.[I-]. The van der Waals surface area contributed by atoms with E-state index in [0.29, 0.717) is 0 Å². The fourth-order valence-corrected chi connectivity index (χ4v) is 1.26. The molecule has 0 fully saturated rings. The van der Waals surface area contributed by atoms with Gasteiger partial charge in [0, 0.05) is 12.5 Å². The Hall–Kier alpha value is -0.840. The normalized spacial score (nSPS) is 9.57. The fraction of sp³-hybridized carbons (Fsp3) is 0.182. The van der Waals surface area contributed by atoms with Gasteiger partial charge in [-0.3, -0.25) is 0 Å². The molecule has 0 unspecified atom stereocenters. The van der Waals surface area contributed by atoms with E-state index in [1.807, 2.05) is 50.4 Å². The van der Waals surface area contributed by atoms with Crippen molar-refractivity contribution in [2.75, 3.05) is 0 Å². The number of hydrogen-bond donors (Lipinski definition) is 0. The van der Waals surface area contributed by atoms with Crippen LogP contribution in [0.3, 0.4) is 0 Å². The molecule has 1 aromatic carbocycles. The van der Waals surface area contributed by atoms with Gasteiger partial charge in [-0.2, -0.15) is 0 Å². The largest absolute Gasteiger partial charge is 1.00 e. The minimum atomic E-state index is 0. The number of rotatable bonds is 1. The molecule has 0 aliphatic heterocycles. The molecule has 0 N–H and O–H groups in total. The van der Waals surface area contributed by atoms with Crippen LogP contribution in [0.15, 0.2) is 40.9 Å². The lowest BCUT2D eigenvalue weighted by molar-refractivity contribution is -0.847. The molecule has 0 saturated heterocycles. The van der Waals surface area contributed by atoms with E-state index in [1.54, 1.807) is 4.74 Å². The van der Waals surface area contributed by atoms with E-state index < -0.39 is 0 Å². The van der Waals surface area contributed by atoms with E-state index >= 15 is 0 Å². The zero-order chi connectivity index (χ0) is 9.26. The lowest BCUT2D eigenvalue weighted by Gasteiger charge is -1.89. The molecule has 1 heterocycles. The van der Waals surface area contributed by atoms with E-state index in [4.69, 9.17) is 4.52 Å². The second-order valence-corrected chi connectivity index (χ2v) is 3.10. The molecule has 2 rings (SSSR count). The average Bonchev–Trinajstić information content (AvgIpc) is 2.49. The molecule has 2 nitrogen and oxygen atoms in total. The Morgan fingerprint density at radius 1 is 1.14 bits per heavy atom. The Kier molecular flexibility index (Phi) is 3.69. The molecule has 0 saturated carbocycles. The molecular weight excluding hydrogens is 289 g/mol. The topological polar surface area (TPSA) is 17.0 Å². The van der Waals surface area contributed by atoms with Crippen molar-refractivity contribution in [1.29, 1.82) is 0 Å². The van der Waals surface area contributed by atoms with Crippen LogP contribution in [-0.2, 0) is 7.05 Å². The maximum Gasteiger partial charge on any atom is 0.228 e. The summed E-state index contributed by atoms with van der Waals surface area (Å²) in [5.74, 6) is 0.917. The summed E-state index contributed by atoms with van der Waals surface area (Å²) in [4.78, 5) is 0. The van der Waals surface area contributed by atoms with Crippen molar-refractivity contribution in [1.82, 2.24) is 0 Å². The number of hydrogen-bond acceptors (Lipinski definition) is 1. The van der Waals surface area contributed by atoms with Gasteiger partial charge in [-0.1, -0.05) is 30.3 Å². The molecular formula is C11H12INO. The number of nitrogens with zero attached hydrogens (tertiary/aromatic N) is 1. The van der Waals surface area contributed by atoms with E-state index in [2.05, 4.69) is 0 Å². The Morgan fingerprint density at radius 3 is 2.29 bits per heavy atom. The summed E-state index contributed by atoms with van der Waals surface area (Å²) in [6.07, 6.45) is 0. The third kappa shape index (κ3) is 2.15. The van der Waals surface area contributed by atoms with Crippen LogP contribution in [0.5, 0.6) is 0 Å². The number of aryl methyl sites for hydroxylation is 2. The fourth-order valence-electron chi connectivity index (χ4n) is 1.26. The van der Waals surface area contributed by atoms with Gasteiger partial charge in [0.05, 0.1) is 6.07 Å². The summed E-state index contributed by atoms with van der Waals surface area (Å²) < 4.78 is 7.28. The Labute approximate surface area is 101 Å². The van der Waals surface area contributed by atoms with Crippen molar-refractivity contribution >= 4 is 0 Å². The summed E-state index contributed by atoms with van der Waals surface area (Å²) in [5, 5.41) is 0. The first-order valence-electron chi connectivity index (χ1n) is 4.30. The van der Waals surface area contributed by atoms with Gasteiger partial charge in [-0.05, 0) is 4.74 Å². The van der Waals surface area contributed by atoms with Gasteiger partial charge >= 0.3 is 0 Å². The standard InChI is InChI=1S/C11H12NO.HI/c1-9-8-11(13-12(9)2)10-6-4-3-5-7-10;/h3-8H,1-2H3;1H/q+1;/p-1. The first-order chi connectivity index (χ1) is 6.27. The van der Waals surface area contributed by atoms with Crippen LogP contribution in [0.2, 0.25) is 0 Å². The summed E-state index contributed by atoms with van der Waals surface area (Å²) in [5.41, 5.74) is 2.24. The average molecular weight is 301 g/mol. The van der Waals surface area contributed by atoms with Crippen molar-refractivity contribution in [2.24, 2.45) is 7.05 Å². The van der Waals surface area contributed by atoms with Crippen molar-refractivity contribution in [2.45, 2.75) is 6.92 Å². The number of benzene rings is 1. The molecule has 2 aromatic rings. The predicted octanol–water partition coefficient (Wildman–Crippen LogP) is -0.916. The first kappa shape index (κ1) is 11.2. The zero-order valence-electron chi connectivity index (χ0n) is 8.20. The molecule has 0 radical (unpaired) electrons.